The summed E-state index contributed by atoms with van der Waals surface area (Å²) in [6.07, 6.45) is 1.80. The lowest BCUT2D eigenvalue weighted by molar-refractivity contribution is 1.19. The largest absolute Gasteiger partial charge is 0.368 e. The molecule has 5 heteroatoms. The highest BCUT2D eigenvalue weighted by Gasteiger charge is 2.10. The summed E-state index contributed by atoms with van der Waals surface area (Å²) in [6, 6.07) is 10.1. The van der Waals surface area contributed by atoms with Crippen LogP contribution in [-0.2, 0) is 0 Å². The quantitative estimate of drug-likeness (QED) is 0.782. The minimum Gasteiger partial charge on any atom is -0.368 e. The molecule has 90 valence electrons. The van der Waals surface area contributed by atoms with Crippen molar-refractivity contribution in [2.75, 3.05) is 11.9 Å². The molecule has 0 saturated carbocycles. The molecule has 0 fully saturated rings. The van der Waals surface area contributed by atoms with Crippen molar-refractivity contribution in [3.05, 3.63) is 36.5 Å². The van der Waals surface area contributed by atoms with Crippen LogP contribution >= 0.6 is 11.7 Å². The Morgan fingerprint density at radius 1 is 1.22 bits per heavy atom. The van der Waals surface area contributed by atoms with Crippen molar-refractivity contribution < 1.29 is 0 Å². The van der Waals surface area contributed by atoms with Gasteiger partial charge in [0.25, 0.3) is 0 Å². The van der Waals surface area contributed by atoms with Crippen molar-refractivity contribution in [3.8, 4) is 11.3 Å². The normalized spacial score (nSPS) is 10.7. The van der Waals surface area contributed by atoms with Crippen LogP contribution < -0.4 is 5.32 Å². The van der Waals surface area contributed by atoms with Gasteiger partial charge in [-0.15, -0.1) is 0 Å². The molecule has 1 N–H and O–H groups in total. The van der Waals surface area contributed by atoms with Crippen LogP contribution in [0.5, 0.6) is 0 Å². The molecule has 4 nitrogen and oxygen atoms in total. The van der Waals surface area contributed by atoms with Gasteiger partial charge in [0.2, 0.25) is 0 Å². The number of benzene rings is 1. The summed E-state index contributed by atoms with van der Waals surface area (Å²) in [6.45, 7) is 2.89. The van der Waals surface area contributed by atoms with Gasteiger partial charge in [-0.05, 0) is 25.1 Å². The summed E-state index contributed by atoms with van der Waals surface area (Å²) in [7, 11) is 0. The summed E-state index contributed by atoms with van der Waals surface area (Å²) in [4.78, 5) is 4.31. The number of aromatic nitrogens is 3. The van der Waals surface area contributed by atoms with Crippen LogP contribution in [0.3, 0.4) is 0 Å². The van der Waals surface area contributed by atoms with Gasteiger partial charge in [0, 0.05) is 23.7 Å². The molecule has 3 rings (SSSR count). The average molecular weight is 256 g/mol. The summed E-state index contributed by atoms with van der Waals surface area (Å²) < 4.78 is 8.63. The number of anilines is 1. The fourth-order valence-electron chi connectivity index (χ4n) is 1.88. The van der Waals surface area contributed by atoms with E-state index in [2.05, 4.69) is 31.2 Å². The van der Waals surface area contributed by atoms with E-state index >= 15 is 0 Å². The number of nitrogens with zero attached hydrogens (tertiary/aromatic N) is 3. The van der Waals surface area contributed by atoms with E-state index in [1.165, 1.54) is 11.7 Å². The van der Waals surface area contributed by atoms with E-state index in [1.54, 1.807) is 6.20 Å². The van der Waals surface area contributed by atoms with Crippen molar-refractivity contribution in [2.24, 2.45) is 0 Å². The molecule has 0 unspecified atom stereocenters. The van der Waals surface area contributed by atoms with Crippen molar-refractivity contribution in [1.82, 2.24) is 13.7 Å². The zero-order valence-corrected chi connectivity index (χ0v) is 10.7. The van der Waals surface area contributed by atoms with Crippen LogP contribution in [0.4, 0.5) is 5.82 Å². The van der Waals surface area contributed by atoms with E-state index in [0.717, 1.165) is 34.5 Å². The number of hydrogen-bond donors (Lipinski definition) is 1. The van der Waals surface area contributed by atoms with Gasteiger partial charge in [0.05, 0.1) is 17.2 Å². The molecule has 0 aliphatic rings. The molecule has 3 aromatic rings. The Bertz CT molecular complexity index is 677. The van der Waals surface area contributed by atoms with Crippen LogP contribution in [0.25, 0.3) is 22.2 Å². The number of fused-ring (bicyclic) bond motifs is 1. The smallest absolute Gasteiger partial charge is 0.168 e. The standard InChI is InChI=1S/C13H12N4S/c1-2-14-13-12(16-18-17-13)10-5-6-11-9(8-10)4-3-7-15-11/h3-8H,2H2,1H3,(H,14,17). The molecule has 0 bridgehead atoms. The second-order valence-electron chi connectivity index (χ2n) is 3.90. The van der Waals surface area contributed by atoms with Gasteiger partial charge < -0.3 is 5.32 Å². The monoisotopic (exact) mass is 256 g/mol. The lowest BCUT2D eigenvalue weighted by Crippen LogP contribution is -1.98. The zero-order chi connectivity index (χ0) is 12.4. The lowest BCUT2D eigenvalue weighted by atomic mass is 10.1. The van der Waals surface area contributed by atoms with E-state index in [9.17, 15) is 0 Å². The number of hydrogen-bond acceptors (Lipinski definition) is 5. The fourth-order valence-corrected chi connectivity index (χ4v) is 2.43. The fraction of sp³-hybridized carbons (Fsp3) is 0.154. The van der Waals surface area contributed by atoms with Gasteiger partial charge in [0.1, 0.15) is 5.69 Å². The summed E-state index contributed by atoms with van der Waals surface area (Å²) in [5, 5.41) is 4.34. The first kappa shape index (κ1) is 11.1. The number of pyridine rings is 1. The highest BCUT2D eigenvalue weighted by molar-refractivity contribution is 6.99. The van der Waals surface area contributed by atoms with Crippen LogP contribution in [0.15, 0.2) is 36.5 Å². The van der Waals surface area contributed by atoms with Crippen molar-refractivity contribution in [3.63, 3.8) is 0 Å². The molecule has 0 spiro atoms. The van der Waals surface area contributed by atoms with Gasteiger partial charge in [-0.2, -0.15) is 8.75 Å². The Labute approximate surface area is 109 Å². The van der Waals surface area contributed by atoms with E-state index in [4.69, 9.17) is 0 Å². The second kappa shape index (κ2) is 4.70. The Kier molecular flexibility index (Phi) is 2.90. The van der Waals surface area contributed by atoms with Gasteiger partial charge >= 0.3 is 0 Å². The Hall–Kier alpha value is -2.01. The third-order valence-corrected chi connectivity index (χ3v) is 3.24. The van der Waals surface area contributed by atoms with E-state index in [1.807, 2.05) is 25.1 Å². The Morgan fingerprint density at radius 2 is 2.17 bits per heavy atom. The van der Waals surface area contributed by atoms with Gasteiger partial charge in [0.15, 0.2) is 5.82 Å². The van der Waals surface area contributed by atoms with Gasteiger partial charge in [-0.1, -0.05) is 12.1 Å². The predicted molar refractivity (Wildman–Crippen MR) is 74.8 cm³/mol. The molecule has 0 atom stereocenters. The minimum absolute atomic E-state index is 0.841. The average Bonchev–Trinajstić information content (AvgIpc) is 2.87. The molecule has 2 aromatic heterocycles. The van der Waals surface area contributed by atoms with Crippen molar-refractivity contribution >= 4 is 28.4 Å². The van der Waals surface area contributed by atoms with Crippen LogP contribution in [0.2, 0.25) is 0 Å². The predicted octanol–water partition coefficient (Wildman–Crippen LogP) is 3.19. The zero-order valence-electron chi connectivity index (χ0n) is 9.92. The first-order chi connectivity index (χ1) is 8.88. The lowest BCUT2D eigenvalue weighted by Gasteiger charge is -2.03. The van der Waals surface area contributed by atoms with Gasteiger partial charge in [-0.25, -0.2) is 0 Å². The maximum Gasteiger partial charge on any atom is 0.168 e. The van der Waals surface area contributed by atoms with Crippen molar-refractivity contribution in [2.45, 2.75) is 6.92 Å². The van der Waals surface area contributed by atoms with Crippen LogP contribution in [0, 0.1) is 0 Å². The Morgan fingerprint density at radius 3 is 3.06 bits per heavy atom. The molecular weight excluding hydrogens is 244 g/mol. The topological polar surface area (TPSA) is 50.7 Å². The van der Waals surface area contributed by atoms with Crippen molar-refractivity contribution in [1.29, 1.82) is 0 Å². The van der Waals surface area contributed by atoms with Crippen LogP contribution in [0.1, 0.15) is 6.92 Å². The molecule has 1 aromatic carbocycles. The third-order valence-electron chi connectivity index (χ3n) is 2.71. The molecule has 0 radical (unpaired) electrons. The molecule has 0 aliphatic heterocycles. The first-order valence-corrected chi connectivity index (χ1v) is 6.53. The third kappa shape index (κ3) is 1.93. The van der Waals surface area contributed by atoms with E-state index < -0.39 is 0 Å². The van der Waals surface area contributed by atoms with E-state index in [-0.39, 0.29) is 0 Å². The molecule has 2 heterocycles. The summed E-state index contributed by atoms with van der Waals surface area (Å²) in [5.41, 5.74) is 2.97. The summed E-state index contributed by atoms with van der Waals surface area (Å²) >= 11 is 1.23. The molecule has 18 heavy (non-hydrogen) atoms. The summed E-state index contributed by atoms with van der Waals surface area (Å²) in [5.74, 6) is 0.853. The highest BCUT2D eigenvalue weighted by Crippen LogP contribution is 2.28. The first-order valence-electron chi connectivity index (χ1n) is 5.80. The van der Waals surface area contributed by atoms with E-state index in [0.29, 0.717) is 0 Å². The molecule has 0 aliphatic carbocycles. The molecule has 0 amide bonds. The number of rotatable bonds is 3. The minimum atomic E-state index is 0.841. The van der Waals surface area contributed by atoms with Crippen LogP contribution in [-0.4, -0.2) is 20.3 Å². The maximum absolute atomic E-state index is 4.36. The number of nitrogens with one attached hydrogen (secondary N) is 1. The molecule has 0 saturated heterocycles. The SMILES string of the molecule is CCNc1nsnc1-c1ccc2ncccc2c1. The highest BCUT2D eigenvalue weighted by atomic mass is 32.1. The Balaban J connectivity index is 2.10. The second-order valence-corrected chi connectivity index (χ2v) is 4.43. The molecular formula is C13H12N4S. The maximum atomic E-state index is 4.36. The van der Waals surface area contributed by atoms with Gasteiger partial charge in [-0.3, -0.25) is 4.98 Å².